The second kappa shape index (κ2) is 10.6. The normalized spacial score (nSPS) is 19.6. The van der Waals surface area contributed by atoms with E-state index < -0.39 is 22.7 Å². The second-order valence-corrected chi connectivity index (χ2v) is 12.8. The molecule has 1 fully saturated rings. The highest BCUT2D eigenvalue weighted by Gasteiger charge is 2.48. The van der Waals surface area contributed by atoms with E-state index in [9.17, 15) is 4.39 Å². The average Bonchev–Trinajstić information content (AvgIpc) is 3.40. The summed E-state index contributed by atoms with van der Waals surface area (Å²) >= 11 is 0. The Kier molecular flexibility index (Phi) is 6.60. The third-order valence-corrected chi connectivity index (χ3v) is 10.7. The minimum atomic E-state index is -0.865. The van der Waals surface area contributed by atoms with E-state index >= 15 is 4.39 Å². The van der Waals surface area contributed by atoms with E-state index in [0.717, 1.165) is 63.5 Å². The molecule has 5 aromatic rings. The van der Waals surface area contributed by atoms with Crippen molar-refractivity contribution in [3.63, 3.8) is 0 Å². The van der Waals surface area contributed by atoms with Crippen LogP contribution in [0.5, 0.6) is 5.75 Å². The molecule has 0 spiro atoms. The number of hydrogen-bond acceptors (Lipinski definition) is 2. The van der Waals surface area contributed by atoms with Crippen molar-refractivity contribution in [2.75, 3.05) is 18.0 Å². The molecule has 1 unspecified atom stereocenters. The van der Waals surface area contributed by atoms with Gasteiger partial charge in [0, 0.05) is 57.9 Å². The van der Waals surface area contributed by atoms with Crippen molar-refractivity contribution in [2.24, 2.45) is 0 Å². The Morgan fingerprint density at radius 3 is 2.11 bits per heavy atom. The lowest BCUT2D eigenvalue weighted by atomic mass is 9.71. The fourth-order valence-electron chi connectivity index (χ4n) is 8.44. The predicted octanol–water partition coefficient (Wildman–Crippen LogP) is 10.5. The van der Waals surface area contributed by atoms with Gasteiger partial charge in [0.1, 0.15) is 17.4 Å². The maximum Gasteiger partial charge on any atom is 0.178 e. The molecule has 45 heavy (non-hydrogen) atoms. The van der Waals surface area contributed by atoms with Crippen molar-refractivity contribution in [3.8, 4) is 16.9 Å². The van der Waals surface area contributed by atoms with Gasteiger partial charge in [0.15, 0.2) is 5.60 Å². The highest BCUT2D eigenvalue weighted by molar-refractivity contribution is 6.08. The number of halogens is 2. The molecule has 1 saturated heterocycles. The van der Waals surface area contributed by atoms with Crippen LogP contribution < -0.4 is 9.64 Å². The molecule has 0 saturated carbocycles. The first-order valence-electron chi connectivity index (χ1n) is 16.4. The number of rotatable bonds is 5. The van der Waals surface area contributed by atoms with Crippen molar-refractivity contribution < 1.29 is 13.5 Å². The molecular weight excluding hydrogens is 560 g/mol. The Morgan fingerprint density at radius 1 is 0.733 bits per heavy atom. The van der Waals surface area contributed by atoms with Crippen LogP contribution in [0.1, 0.15) is 73.8 Å². The molecule has 2 nitrogen and oxygen atoms in total. The molecule has 4 heteroatoms. The van der Waals surface area contributed by atoms with Gasteiger partial charge in [-0.15, -0.1) is 0 Å². The Labute approximate surface area is 264 Å². The van der Waals surface area contributed by atoms with Gasteiger partial charge in [0.2, 0.25) is 0 Å². The summed E-state index contributed by atoms with van der Waals surface area (Å²) in [7, 11) is 0. The minimum absolute atomic E-state index is 0.476. The van der Waals surface area contributed by atoms with Crippen LogP contribution in [-0.2, 0) is 11.0 Å². The third kappa shape index (κ3) is 4.04. The average molecular weight is 598 g/mol. The Morgan fingerprint density at radius 2 is 1.40 bits per heavy atom. The Hall–Kier alpha value is -4.44. The highest BCUT2D eigenvalue weighted by atomic mass is 19.1. The molecule has 8 rings (SSSR count). The van der Waals surface area contributed by atoms with Crippen LogP contribution in [0.15, 0.2) is 97.1 Å². The van der Waals surface area contributed by atoms with Gasteiger partial charge in [0.25, 0.3) is 0 Å². The summed E-state index contributed by atoms with van der Waals surface area (Å²) in [6.45, 7) is 6.40. The largest absolute Gasteiger partial charge is 0.472 e. The molecule has 0 aromatic heterocycles. The number of hydrogen-bond donors (Lipinski definition) is 0. The maximum absolute atomic E-state index is 15.9. The van der Waals surface area contributed by atoms with E-state index in [4.69, 9.17) is 4.74 Å². The van der Waals surface area contributed by atoms with E-state index in [1.54, 1.807) is 0 Å². The van der Waals surface area contributed by atoms with Gasteiger partial charge in [-0.3, -0.25) is 0 Å². The number of fused-ring (bicyclic) bond motifs is 8. The van der Waals surface area contributed by atoms with Crippen molar-refractivity contribution in [3.05, 3.63) is 137 Å². The van der Waals surface area contributed by atoms with Gasteiger partial charge in [-0.05, 0) is 78.5 Å². The quantitative estimate of drug-likeness (QED) is 0.200. The number of nitrogens with zero attached hydrogens (tertiary/aromatic N) is 1. The molecule has 0 radical (unpaired) electrons. The summed E-state index contributed by atoms with van der Waals surface area (Å²) in [5, 5.41) is 1.90. The summed E-state index contributed by atoms with van der Waals surface area (Å²) in [5.41, 5.74) is 6.05. The van der Waals surface area contributed by atoms with E-state index in [1.165, 1.54) is 31.0 Å². The van der Waals surface area contributed by atoms with Crippen LogP contribution in [0.4, 0.5) is 14.5 Å². The fourth-order valence-corrected chi connectivity index (χ4v) is 8.44. The second-order valence-electron chi connectivity index (χ2n) is 12.8. The lowest BCUT2D eigenvalue weighted by Gasteiger charge is -2.39. The van der Waals surface area contributed by atoms with Crippen LogP contribution in [0.3, 0.4) is 0 Å². The van der Waals surface area contributed by atoms with Gasteiger partial charge >= 0.3 is 0 Å². The van der Waals surface area contributed by atoms with Gasteiger partial charge in [0.05, 0.1) is 0 Å². The number of ether oxygens (including phenoxy) is 1. The lowest BCUT2D eigenvalue weighted by Crippen LogP contribution is -2.35. The zero-order valence-electron chi connectivity index (χ0n) is 25.9. The zero-order chi connectivity index (χ0) is 30.8. The number of benzene rings is 5. The molecule has 0 bridgehead atoms. The van der Waals surface area contributed by atoms with Crippen LogP contribution in [0.25, 0.3) is 28.0 Å². The molecule has 1 aliphatic carbocycles. The van der Waals surface area contributed by atoms with Gasteiger partial charge in [-0.25, -0.2) is 8.78 Å². The fraction of sp³-hybridized carbons (Fsp3) is 0.268. The molecule has 0 N–H and O–H groups in total. The van der Waals surface area contributed by atoms with Crippen molar-refractivity contribution in [2.45, 2.75) is 57.0 Å². The lowest BCUT2D eigenvalue weighted by molar-refractivity contribution is 0.163. The Bertz CT molecular complexity index is 1950. The van der Waals surface area contributed by atoms with Gasteiger partial charge < -0.3 is 9.64 Å². The number of anilines is 1. The standard InChI is InChI=1S/C41H37F2NO/c1-3-40(4-2)37-34(25-29(42)26-35(37)43)36-31-15-9-10-16-32(31)39-33(38(36)40)21-22-41(45-39,27-13-7-5-8-14-27)28-17-19-30(20-18-28)44-23-11-6-12-24-44/h5,7-10,13-22,25-26H,3-4,6,11-12,23-24H2,1-2H3. The monoisotopic (exact) mass is 597 g/mol. The smallest absolute Gasteiger partial charge is 0.178 e. The van der Waals surface area contributed by atoms with E-state index in [1.807, 2.05) is 18.2 Å². The molecule has 1 atom stereocenters. The molecule has 2 heterocycles. The topological polar surface area (TPSA) is 12.5 Å². The first kappa shape index (κ1) is 28.1. The van der Waals surface area contributed by atoms with Gasteiger partial charge in [-0.2, -0.15) is 0 Å². The first-order valence-corrected chi connectivity index (χ1v) is 16.4. The maximum atomic E-state index is 15.9. The summed E-state index contributed by atoms with van der Waals surface area (Å²) in [6, 6.07) is 30.0. The summed E-state index contributed by atoms with van der Waals surface area (Å²) in [6.07, 6.45) is 9.49. The molecular formula is C41H37F2NO. The van der Waals surface area contributed by atoms with Crippen LogP contribution in [-0.4, -0.2) is 13.1 Å². The van der Waals surface area contributed by atoms with E-state index in [-0.39, 0.29) is 0 Å². The Balaban J connectivity index is 1.38. The summed E-state index contributed by atoms with van der Waals surface area (Å²) < 4.78 is 38.1. The van der Waals surface area contributed by atoms with Gasteiger partial charge in [-0.1, -0.05) is 86.7 Å². The predicted molar refractivity (Wildman–Crippen MR) is 180 cm³/mol. The van der Waals surface area contributed by atoms with Crippen molar-refractivity contribution in [1.82, 2.24) is 0 Å². The SMILES string of the molecule is CCC1(CC)c2c(F)cc(F)cc2-c2c1c1c(c3ccccc23)OC(c2ccccc2)(c2ccc(N3CCCCC3)cc2)C=C1. The van der Waals surface area contributed by atoms with E-state index in [2.05, 4.69) is 91.6 Å². The molecule has 3 aliphatic rings. The van der Waals surface area contributed by atoms with Crippen molar-refractivity contribution >= 4 is 22.5 Å². The molecule has 2 aliphatic heterocycles. The number of piperidine rings is 1. The van der Waals surface area contributed by atoms with Crippen molar-refractivity contribution in [1.29, 1.82) is 0 Å². The van der Waals surface area contributed by atoms with E-state index in [0.29, 0.717) is 24.0 Å². The summed E-state index contributed by atoms with van der Waals surface area (Å²) in [4.78, 5) is 2.47. The minimum Gasteiger partial charge on any atom is -0.472 e. The summed E-state index contributed by atoms with van der Waals surface area (Å²) in [5.74, 6) is -0.239. The van der Waals surface area contributed by atoms with Crippen LogP contribution in [0.2, 0.25) is 0 Å². The zero-order valence-corrected chi connectivity index (χ0v) is 25.9. The van der Waals surface area contributed by atoms with Crippen LogP contribution >= 0.6 is 0 Å². The molecule has 226 valence electrons. The molecule has 0 amide bonds. The third-order valence-electron chi connectivity index (χ3n) is 10.7. The molecule has 5 aromatic carbocycles. The first-order chi connectivity index (χ1) is 22.0. The van der Waals surface area contributed by atoms with Crippen LogP contribution in [0, 0.1) is 11.6 Å². The highest BCUT2D eigenvalue weighted by Crippen LogP contribution is 2.61.